The third-order valence-corrected chi connectivity index (χ3v) is 5.22. The van der Waals surface area contributed by atoms with Crippen LogP contribution in [-0.2, 0) is 9.59 Å². The molecule has 1 aliphatic rings. The Balaban J connectivity index is 1.83. The first-order chi connectivity index (χ1) is 13.6. The summed E-state index contributed by atoms with van der Waals surface area (Å²) in [5, 5.41) is 16.6. The van der Waals surface area contributed by atoms with Gasteiger partial charge in [-0.3, -0.25) is 9.59 Å². The minimum Gasteiger partial charge on any atom is -0.504 e. The topological polar surface area (TPSA) is 81.5 Å². The maximum atomic E-state index is 12.6. The highest BCUT2D eigenvalue weighted by Gasteiger charge is 2.31. The van der Waals surface area contributed by atoms with Crippen LogP contribution in [0.25, 0.3) is 0 Å². The number of ketones is 1. The minimum absolute atomic E-state index is 0.0250. The number of allylic oxidation sites excluding steroid dienone is 1. The highest BCUT2D eigenvalue weighted by atomic mass is 16.3. The first-order valence-corrected chi connectivity index (χ1v) is 9.46. The molecule has 1 aliphatic heterocycles. The molecular formula is C23H24N2O3. The molecule has 2 N–H and O–H groups in total. The molecule has 2 aromatic rings. The molecule has 1 amide bonds. The SMILES string of the molecule is N=CC(=O)/C(O)=C/C(=O)N1CCC[C@H]1CC(c1ccccc1)c1ccccc1. The molecule has 0 unspecified atom stereocenters. The van der Waals surface area contributed by atoms with Gasteiger partial charge >= 0.3 is 0 Å². The summed E-state index contributed by atoms with van der Waals surface area (Å²) in [5.41, 5.74) is 2.40. The lowest BCUT2D eigenvalue weighted by atomic mass is 9.85. The predicted octanol–water partition coefficient (Wildman–Crippen LogP) is 3.86. The van der Waals surface area contributed by atoms with Crippen LogP contribution < -0.4 is 0 Å². The predicted molar refractivity (Wildman–Crippen MR) is 109 cm³/mol. The van der Waals surface area contributed by atoms with Gasteiger partial charge < -0.3 is 15.4 Å². The van der Waals surface area contributed by atoms with Gasteiger partial charge in [0.1, 0.15) is 0 Å². The van der Waals surface area contributed by atoms with Crippen LogP contribution in [0.3, 0.4) is 0 Å². The van der Waals surface area contributed by atoms with E-state index in [1.807, 2.05) is 36.4 Å². The first-order valence-electron chi connectivity index (χ1n) is 9.46. The number of nitrogens with one attached hydrogen (secondary N) is 1. The van der Waals surface area contributed by atoms with Crippen LogP contribution in [0.1, 0.15) is 36.3 Å². The van der Waals surface area contributed by atoms with Crippen LogP contribution in [0.15, 0.2) is 72.5 Å². The van der Waals surface area contributed by atoms with E-state index in [4.69, 9.17) is 5.41 Å². The molecule has 0 spiro atoms. The highest BCUT2D eigenvalue weighted by molar-refractivity contribution is 6.33. The number of carbonyl (C=O) groups is 2. The zero-order valence-corrected chi connectivity index (χ0v) is 15.6. The molecule has 2 aromatic carbocycles. The molecule has 0 saturated carbocycles. The van der Waals surface area contributed by atoms with Gasteiger partial charge in [-0.2, -0.15) is 0 Å². The van der Waals surface area contributed by atoms with E-state index in [0.717, 1.165) is 25.3 Å². The Labute approximate surface area is 164 Å². The molecule has 1 fully saturated rings. The maximum Gasteiger partial charge on any atom is 0.250 e. The summed E-state index contributed by atoms with van der Waals surface area (Å²) >= 11 is 0. The van der Waals surface area contributed by atoms with Crippen LogP contribution in [0.5, 0.6) is 0 Å². The molecule has 28 heavy (non-hydrogen) atoms. The van der Waals surface area contributed by atoms with Crippen LogP contribution in [0.2, 0.25) is 0 Å². The third kappa shape index (κ3) is 4.55. The highest BCUT2D eigenvalue weighted by Crippen LogP contribution is 2.34. The van der Waals surface area contributed by atoms with E-state index < -0.39 is 11.5 Å². The number of aliphatic hydroxyl groups is 1. The average Bonchev–Trinajstić information content (AvgIpc) is 3.21. The Morgan fingerprint density at radius 1 is 1.07 bits per heavy atom. The van der Waals surface area contributed by atoms with Gasteiger partial charge in [-0.05, 0) is 30.4 Å². The van der Waals surface area contributed by atoms with Gasteiger partial charge in [0, 0.05) is 24.6 Å². The van der Waals surface area contributed by atoms with Gasteiger partial charge in [0.15, 0.2) is 5.76 Å². The third-order valence-electron chi connectivity index (χ3n) is 5.22. The summed E-state index contributed by atoms with van der Waals surface area (Å²) in [6, 6.07) is 20.5. The molecule has 1 heterocycles. The van der Waals surface area contributed by atoms with Crippen molar-refractivity contribution < 1.29 is 14.7 Å². The van der Waals surface area contributed by atoms with Crippen molar-refractivity contribution in [3.8, 4) is 0 Å². The van der Waals surface area contributed by atoms with Crippen molar-refractivity contribution in [1.29, 1.82) is 5.41 Å². The Hall–Kier alpha value is -3.21. The van der Waals surface area contributed by atoms with Gasteiger partial charge in [0.05, 0.1) is 6.21 Å². The van der Waals surface area contributed by atoms with Gasteiger partial charge in [-0.15, -0.1) is 0 Å². The number of Topliss-reactive ketones (excluding diaryl/α,β-unsaturated/α-hetero) is 1. The molecule has 0 radical (unpaired) electrons. The second kappa shape index (κ2) is 9.13. The van der Waals surface area contributed by atoms with Crippen molar-refractivity contribution in [2.45, 2.75) is 31.2 Å². The normalized spacial score (nSPS) is 17.0. The number of hydrogen-bond donors (Lipinski definition) is 2. The van der Waals surface area contributed by atoms with Crippen LogP contribution in [0.4, 0.5) is 0 Å². The van der Waals surface area contributed by atoms with Crippen molar-refractivity contribution in [2.75, 3.05) is 6.54 Å². The summed E-state index contributed by atoms with van der Waals surface area (Å²) in [5.74, 6) is -1.78. The Morgan fingerprint density at radius 2 is 1.64 bits per heavy atom. The minimum atomic E-state index is -0.865. The molecular weight excluding hydrogens is 352 g/mol. The molecule has 5 nitrogen and oxygen atoms in total. The van der Waals surface area contributed by atoms with E-state index >= 15 is 0 Å². The molecule has 3 rings (SSSR count). The molecule has 0 bridgehead atoms. The summed E-state index contributed by atoms with van der Waals surface area (Å²) in [6.07, 6.45) is 3.98. The Morgan fingerprint density at radius 3 is 2.18 bits per heavy atom. The van der Waals surface area contributed by atoms with Crippen molar-refractivity contribution in [3.63, 3.8) is 0 Å². The largest absolute Gasteiger partial charge is 0.504 e. The maximum absolute atomic E-state index is 12.6. The number of hydrogen-bond acceptors (Lipinski definition) is 4. The lowest BCUT2D eigenvalue weighted by molar-refractivity contribution is -0.127. The number of aliphatic hydroxyl groups excluding tert-OH is 1. The van der Waals surface area contributed by atoms with E-state index in [2.05, 4.69) is 24.3 Å². The number of carbonyl (C=O) groups excluding carboxylic acids is 2. The Kier molecular flexibility index (Phi) is 6.37. The standard InChI is InChI=1S/C23H24N2O3/c24-16-22(27)21(26)15-23(28)25-13-7-12-19(25)14-20(17-8-3-1-4-9-17)18-10-5-2-6-11-18/h1-6,8-11,15-16,19-20,24,26H,7,12-14H2/b21-15-,24-16?/t19-/m0/s1. The van der Waals surface area contributed by atoms with E-state index in [9.17, 15) is 14.7 Å². The zero-order chi connectivity index (χ0) is 19.9. The van der Waals surface area contributed by atoms with E-state index in [0.29, 0.717) is 12.8 Å². The van der Waals surface area contributed by atoms with E-state index in [-0.39, 0.29) is 17.9 Å². The van der Waals surface area contributed by atoms with Gasteiger partial charge in [-0.25, -0.2) is 0 Å². The quantitative estimate of drug-likeness (QED) is 0.437. The van der Waals surface area contributed by atoms with Crippen LogP contribution in [0, 0.1) is 5.41 Å². The summed E-state index contributed by atoms with van der Waals surface area (Å²) in [6.45, 7) is 0.600. The first kappa shape index (κ1) is 19.5. The number of likely N-dealkylation sites (tertiary alicyclic amines) is 1. The molecule has 0 aliphatic carbocycles. The fourth-order valence-electron chi connectivity index (χ4n) is 3.82. The van der Waals surface area contributed by atoms with E-state index in [1.165, 1.54) is 11.1 Å². The second-order valence-corrected chi connectivity index (χ2v) is 6.98. The molecule has 1 atom stereocenters. The molecule has 1 saturated heterocycles. The van der Waals surface area contributed by atoms with Crippen LogP contribution >= 0.6 is 0 Å². The molecule has 5 heteroatoms. The van der Waals surface area contributed by atoms with Crippen molar-refractivity contribution in [3.05, 3.63) is 83.6 Å². The van der Waals surface area contributed by atoms with Gasteiger partial charge in [-0.1, -0.05) is 60.7 Å². The average molecular weight is 376 g/mol. The fraction of sp³-hybridized carbons (Fsp3) is 0.261. The second-order valence-electron chi connectivity index (χ2n) is 6.98. The lowest BCUT2D eigenvalue weighted by Crippen LogP contribution is -2.36. The molecule has 144 valence electrons. The number of rotatable bonds is 7. The Bertz CT molecular complexity index is 822. The number of nitrogens with zero attached hydrogens (tertiary/aromatic N) is 1. The molecule has 0 aromatic heterocycles. The summed E-state index contributed by atoms with van der Waals surface area (Å²) in [7, 11) is 0. The summed E-state index contributed by atoms with van der Waals surface area (Å²) in [4.78, 5) is 25.7. The van der Waals surface area contributed by atoms with Crippen molar-refractivity contribution >= 4 is 17.9 Å². The van der Waals surface area contributed by atoms with Crippen molar-refractivity contribution in [2.24, 2.45) is 0 Å². The fourth-order valence-corrected chi connectivity index (χ4v) is 3.82. The number of benzene rings is 2. The van der Waals surface area contributed by atoms with E-state index in [1.54, 1.807) is 4.90 Å². The lowest BCUT2D eigenvalue weighted by Gasteiger charge is -2.28. The zero-order valence-electron chi connectivity index (χ0n) is 15.6. The summed E-state index contributed by atoms with van der Waals surface area (Å²) < 4.78 is 0. The van der Waals surface area contributed by atoms with Crippen LogP contribution in [-0.4, -0.2) is 40.5 Å². The van der Waals surface area contributed by atoms with Gasteiger partial charge in [0.2, 0.25) is 5.78 Å². The van der Waals surface area contributed by atoms with Crippen molar-refractivity contribution in [1.82, 2.24) is 4.90 Å². The van der Waals surface area contributed by atoms with Gasteiger partial charge in [0.25, 0.3) is 5.91 Å². The number of amides is 1. The monoisotopic (exact) mass is 376 g/mol. The smallest absolute Gasteiger partial charge is 0.250 e.